The van der Waals surface area contributed by atoms with Crippen LogP contribution in [0.25, 0.3) is 0 Å². The van der Waals surface area contributed by atoms with E-state index in [-0.39, 0.29) is 12.1 Å². The van der Waals surface area contributed by atoms with E-state index < -0.39 is 0 Å². The van der Waals surface area contributed by atoms with Crippen LogP contribution >= 0.6 is 0 Å². The van der Waals surface area contributed by atoms with E-state index in [2.05, 4.69) is 10.6 Å². The van der Waals surface area contributed by atoms with E-state index in [0.717, 1.165) is 18.6 Å². The van der Waals surface area contributed by atoms with Gasteiger partial charge in [0.05, 0.1) is 19.1 Å². The molecule has 1 aromatic carbocycles. The van der Waals surface area contributed by atoms with Crippen LogP contribution in [0.15, 0.2) is 47.1 Å². The number of carbonyl (C=O) groups excluding carboxylic acids is 1. The lowest BCUT2D eigenvalue weighted by molar-refractivity contribution is 0.248. The van der Waals surface area contributed by atoms with Crippen molar-refractivity contribution < 1.29 is 13.9 Å². The van der Waals surface area contributed by atoms with Crippen molar-refractivity contribution >= 4 is 11.7 Å². The molecule has 0 aliphatic carbocycles. The molecule has 2 amide bonds. The Morgan fingerprint density at radius 1 is 1.29 bits per heavy atom. The van der Waals surface area contributed by atoms with E-state index in [0.29, 0.717) is 11.4 Å². The van der Waals surface area contributed by atoms with Crippen molar-refractivity contribution in [2.24, 2.45) is 0 Å². The second-order valence-electron chi connectivity index (χ2n) is 4.82. The van der Waals surface area contributed by atoms with Gasteiger partial charge in [0, 0.05) is 12.5 Å². The van der Waals surface area contributed by atoms with E-state index in [9.17, 15) is 4.79 Å². The molecule has 1 heterocycles. The summed E-state index contributed by atoms with van der Waals surface area (Å²) in [5.74, 6) is 1.56. The molecule has 0 fully saturated rings. The Morgan fingerprint density at radius 2 is 2.10 bits per heavy atom. The molecule has 5 heteroatoms. The minimum absolute atomic E-state index is 0.0461. The van der Waals surface area contributed by atoms with Gasteiger partial charge in [0.15, 0.2) is 0 Å². The van der Waals surface area contributed by atoms with Gasteiger partial charge in [-0.25, -0.2) is 4.79 Å². The zero-order chi connectivity index (χ0) is 15.1. The highest BCUT2D eigenvalue weighted by molar-refractivity contribution is 5.91. The first-order valence-corrected chi connectivity index (χ1v) is 6.92. The summed E-state index contributed by atoms with van der Waals surface area (Å²) in [7, 11) is 1.57. The molecular formula is C16H20N2O3. The standard InChI is InChI=1S/C16H20N2O3/c1-12(9-10-13-6-5-11-21-13)17-16(19)18-14-7-3-4-8-15(14)20-2/h3-8,11-12H,9-10H2,1-2H3,(H2,17,18,19)/t12-/m0/s1. The number of ether oxygens (including phenoxy) is 1. The van der Waals surface area contributed by atoms with Crippen LogP contribution < -0.4 is 15.4 Å². The normalized spacial score (nSPS) is 11.7. The third-order valence-corrected chi connectivity index (χ3v) is 3.14. The van der Waals surface area contributed by atoms with Gasteiger partial charge in [0.2, 0.25) is 0 Å². The zero-order valence-corrected chi connectivity index (χ0v) is 12.3. The number of para-hydroxylation sites is 2. The van der Waals surface area contributed by atoms with Gasteiger partial charge in [-0.1, -0.05) is 12.1 Å². The summed E-state index contributed by atoms with van der Waals surface area (Å²) in [6.07, 6.45) is 3.26. The molecule has 0 aliphatic rings. The Hall–Kier alpha value is -2.43. The molecular weight excluding hydrogens is 268 g/mol. The fourth-order valence-corrected chi connectivity index (χ4v) is 2.02. The molecule has 5 nitrogen and oxygen atoms in total. The number of carbonyl (C=O) groups is 1. The van der Waals surface area contributed by atoms with E-state index in [1.54, 1.807) is 25.5 Å². The maximum Gasteiger partial charge on any atom is 0.319 e. The van der Waals surface area contributed by atoms with Crippen molar-refractivity contribution in [2.75, 3.05) is 12.4 Å². The molecule has 0 saturated carbocycles. The van der Waals surface area contributed by atoms with Crippen molar-refractivity contribution in [3.63, 3.8) is 0 Å². The first-order chi connectivity index (χ1) is 10.2. The molecule has 2 aromatic rings. The molecule has 0 bridgehead atoms. The van der Waals surface area contributed by atoms with Gasteiger partial charge in [0.1, 0.15) is 11.5 Å². The van der Waals surface area contributed by atoms with Crippen LogP contribution in [0, 0.1) is 0 Å². The lowest BCUT2D eigenvalue weighted by Crippen LogP contribution is -2.36. The molecule has 21 heavy (non-hydrogen) atoms. The number of rotatable bonds is 6. The van der Waals surface area contributed by atoms with Gasteiger partial charge in [-0.2, -0.15) is 0 Å². The molecule has 0 unspecified atom stereocenters. The minimum atomic E-state index is -0.244. The molecule has 2 rings (SSSR count). The predicted octanol–water partition coefficient (Wildman–Crippen LogP) is 3.43. The SMILES string of the molecule is COc1ccccc1NC(=O)N[C@@H](C)CCc1ccco1. The number of urea groups is 1. The minimum Gasteiger partial charge on any atom is -0.495 e. The summed E-state index contributed by atoms with van der Waals surface area (Å²) in [6, 6.07) is 10.9. The Kier molecular flexibility index (Phi) is 5.26. The van der Waals surface area contributed by atoms with E-state index in [4.69, 9.17) is 9.15 Å². The number of hydrogen-bond donors (Lipinski definition) is 2. The fourth-order valence-electron chi connectivity index (χ4n) is 2.02. The van der Waals surface area contributed by atoms with Gasteiger partial charge in [-0.3, -0.25) is 0 Å². The monoisotopic (exact) mass is 288 g/mol. The number of benzene rings is 1. The van der Waals surface area contributed by atoms with Gasteiger partial charge >= 0.3 is 6.03 Å². The summed E-state index contributed by atoms with van der Waals surface area (Å²) < 4.78 is 10.5. The number of methoxy groups -OCH3 is 1. The van der Waals surface area contributed by atoms with E-state index in [1.165, 1.54) is 0 Å². The average molecular weight is 288 g/mol. The summed E-state index contributed by atoms with van der Waals surface area (Å²) in [5.41, 5.74) is 0.649. The Morgan fingerprint density at radius 3 is 2.81 bits per heavy atom. The average Bonchev–Trinajstić information content (AvgIpc) is 2.99. The smallest absolute Gasteiger partial charge is 0.319 e. The topological polar surface area (TPSA) is 63.5 Å². The highest BCUT2D eigenvalue weighted by atomic mass is 16.5. The number of anilines is 1. The van der Waals surface area contributed by atoms with Crippen LogP contribution in [0.2, 0.25) is 0 Å². The molecule has 0 aliphatic heterocycles. The number of aryl methyl sites for hydroxylation is 1. The third-order valence-electron chi connectivity index (χ3n) is 3.14. The van der Waals surface area contributed by atoms with Crippen molar-refractivity contribution in [1.29, 1.82) is 0 Å². The maximum atomic E-state index is 12.0. The van der Waals surface area contributed by atoms with Gasteiger partial charge in [0.25, 0.3) is 0 Å². The summed E-state index contributed by atoms with van der Waals surface area (Å²) in [5, 5.41) is 5.68. The lowest BCUT2D eigenvalue weighted by atomic mass is 10.1. The first-order valence-electron chi connectivity index (χ1n) is 6.92. The molecule has 112 valence electrons. The molecule has 0 spiro atoms. The van der Waals surface area contributed by atoms with Crippen LogP contribution in [0.3, 0.4) is 0 Å². The highest BCUT2D eigenvalue weighted by Gasteiger charge is 2.10. The Bertz CT molecular complexity index is 567. The van der Waals surface area contributed by atoms with Crippen molar-refractivity contribution in [1.82, 2.24) is 5.32 Å². The molecule has 1 aromatic heterocycles. The summed E-state index contributed by atoms with van der Waals surface area (Å²) in [6.45, 7) is 1.96. The zero-order valence-electron chi connectivity index (χ0n) is 12.3. The van der Waals surface area contributed by atoms with E-state index >= 15 is 0 Å². The molecule has 0 radical (unpaired) electrons. The maximum absolute atomic E-state index is 12.0. The van der Waals surface area contributed by atoms with Crippen molar-refractivity contribution in [3.05, 3.63) is 48.4 Å². The lowest BCUT2D eigenvalue weighted by Gasteiger charge is -2.15. The largest absolute Gasteiger partial charge is 0.495 e. The third kappa shape index (κ3) is 4.56. The number of furan rings is 1. The predicted molar refractivity (Wildman–Crippen MR) is 81.6 cm³/mol. The Balaban J connectivity index is 1.80. The second-order valence-corrected chi connectivity index (χ2v) is 4.82. The molecule has 0 saturated heterocycles. The number of hydrogen-bond acceptors (Lipinski definition) is 3. The second kappa shape index (κ2) is 7.38. The Labute approximate surface area is 124 Å². The van der Waals surface area contributed by atoms with Gasteiger partial charge in [-0.05, 0) is 37.6 Å². The van der Waals surface area contributed by atoms with Crippen LogP contribution in [-0.4, -0.2) is 19.2 Å². The van der Waals surface area contributed by atoms with E-state index in [1.807, 2.05) is 31.2 Å². The van der Waals surface area contributed by atoms with Crippen LogP contribution in [0.5, 0.6) is 5.75 Å². The highest BCUT2D eigenvalue weighted by Crippen LogP contribution is 2.22. The van der Waals surface area contributed by atoms with Crippen LogP contribution in [-0.2, 0) is 6.42 Å². The van der Waals surface area contributed by atoms with Crippen LogP contribution in [0.1, 0.15) is 19.1 Å². The number of nitrogens with one attached hydrogen (secondary N) is 2. The fraction of sp³-hybridized carbons (Fsp3) is 0.312. The summed E-state index contributed by atoms with van der Waals surface area (Å²) in [4.78, 5) is 12.0. The quantitative estimate of drug-likeness (QED) is 0.856. The summed E-state index contributed by atoms with van der Waals surface area (Å²) >= 11 is 0. The van der Waals surface area contributed by atoms with Crippen molar-refractivity contribution in [3.8, 4) is 5.75 Å². The molecule has 2 N–H and O–H groups in total. The number of amides is 2. The van der Waals surface area contributed by atoms with Gasteiger partial charge in [-0.15, -0.1) is 0 Å². The first kappa shape index (κ1) is 15.0. The van der Waals surface area contributed by atoms with Gasteiger partial charge < -0.3 is 19.8 Å². The van der Waals surface area contributed by atoms with Crippen molar-refractivity contribution in [2.45, 2.75) is 25.8 Å². The van der Waals surface area contributed by atoms with Crippen LogP contribution in [0.4, 0.5) is 10.5 Å². The molecule has 1 atom stereocenters.